The summed E-state index contributed by atoms with van der Waals surface area (Å²) in [6.07, 6.45) is 4.03. The van der Waals surface area contributed by atoms with E-state index in [0.717, 1.165) is 10.9 Å². The Morgan fingerprint density at radius 3 is 2.43 bits per heavy atom. The molecule has 1 saturated heterocycles. The maximum atomic E-state index is 13.8. The summed E-state index contributed by atoms with van der Waals surface area (Å²) in [5.41, 5.74) is 3.54. The van der Waals surface area contributed by atoms with Crippen molar-refractivity contribution < 1.29 is 14.0 Å². The van der Waals surface area contributed by atoms with Crippen LogP contribution in [0.1, 0.15) is 52.6 Å². The summed E-state index contributed by atoms with van der Waals surface area (Å²) in [7, 11) is 0. The summed E-state index contributed by atoms with van der Waals surface area (Å²) >= 11 is 0. The molecule has 4 aromatic rings. The smallest absolute Gasteiger partial charge is 0.254 e. The second kappa shape index (κ2) is 9.37. The summed E-state index contributed by atoms with van der Waals surface area (Å²) < 4.78 is 7.40. The van der Waals surface area contributed by atoms with Crippen molar-refractivity contribution in [1.82, 2.24) is 24.6 Å². The summed E-state index contributed by atoms with van der Waals surface area (Å²) in [6.45, 7) is 8.19. The van der Waals surface area contributed by atoms with Gasteiger partial charge in [0.2, 0.25) is 0 Å². The van der Waals surface area contributed by atoms with Crippen molar-refractivity contribution in [2.45, 2.75) is 33.2 Å². The minimum absolute atomic E-state index is 0.00705. The van der Waals surface area contributed by atoms with E-state index in [4.69, 9.17) is 9.40 Å². The molecule has 8 heteroatoms. The van der Waals surface area contributed by atoms with E-state index in [9.17, 15) is 9.59 Å². The van der Waals surface area contributed by atoms with Gasteiger partial charge in [-0.1, -0.05) is 17.7 Å². The van der Waals surface area contributed by atoms with Crippen LogP contribution >= 0.6 is 0 Å². The van der Waals surface area contributed by atoms with Crippen LogP contribution < -0.4 is 0 Å². The van der Waals surface area contributed by atoms with Gasteiger partial charge >= 0.3 is 0 Å². The number of fused-ring (bicyclic) bond motifs is 1. The molecule has 4 heterocycles. The zero-order chi connectivity index (χ0) is 24.5. The van der Waals surface area contributed by atoms with Crippen molar-refractivity contribution in [3.05, 3.63) is 71.6 Å². The highest BCUT2D eigenvalue weighted by Gasteiger charge is 2.26. The van der Waals surface area contributed by atoms with E-state index in [1.54, 1.807) is 24.6 Å². The summed E-state index contributed by atoms with van der Waals surface area (Å²) in [5.74, 6) is 0.522. The molecule has 3 aromatic heterocycles. The molecule has 35 heavy (non-hydrogen) atoms. The highest BCUT2D eigenvalue weighted by Crippen LogP contribution is 2.28. The second-order valence-corrected chi connectivity index (χ2v) is 9.26. The fraction of sp³-hybridized carbons (Fsp3) is 0.333. The van der Waals surface area contributed by atoms with Gasteiger partial charge in [-0.15, -0.1) is 0 Å². The Hall–Kier alpha value is -3.94. The third kappa shape index (κ3) is 4.43. The molecule has 1 fully saturated rings. The fourth-order valence-corrected chi connectivity index (χ4v) is 4.58. The van der Waals surface area contributed by atoms with E-state index in [-0.39, 0.29) is 17.9 Å². The molecule has 2 amide bonds. The van der Waals surface area contributed by atoms with Gasteiger partial charge in [0.1, 0.15) is 5.69 Å². The van der Waals surface area contributed by atoms with Crippen molar-refractivity contribution in [3.63, 3.8) is 0 Å². The zero-order valence-electron chi connectivity index (χ0n) is 20.3. The van der Waals surface area contributed by atoms with E-state index in [1.165, 1.54) is 0 Å². The Morgan fingerprint density at radius 1 is 0.971 bits per heavy atom. The number of rotatable bonds is 4. The average Bonchev–Trinajstić information content (AvgIpc) is 3.48. The maximum Gasteiger partial charge on any atom is 0.254 e. The molecule has 0 unspecified atom stereocenters. The molecule has 0 saturated carbocycles. The third-order valence-electron chi connectivity index (χ3n) is 6.40. The number of pyridine rings is 1. The molecule has 0 N–H and O–H groups in total. The van der Waals surface area contributed by atoms with Gasteiger partial charge in [0, 0.05) is 37.8 Å². The number of furan rings is 1. The molecule has 0 spiro atoms. The lowest BCUT2D eigenvalue weighted by molar-refractivity contribution is 0.0719. The molecule has 8 nitrogen and oxygen atoms in total. The first-order chi connectivity index (χ1) is 16.9. The first-order valence-corrected chi connectivity index (χ1v) is 12.0. The zero-order valence-corrected chi connectivity index (χ0v) is 20.3. The minimum Gasteiger partial charge on any atom is -0.463 e. The van der Waals surface area contributed by atoms with Gasteiger partial charge in [0.25, 0.3) is 11.8 Å². The highest BCUT2D eigenvalue weighted by molar-refractivity contribution is 6.06. The molecule has 180 valence electrons. The van der Waals surface area contributed by atoms with E-state index < -0.39 is 0 Å². The van der Waals surface area contributed by atoms with Crippen molar-refractivity contribution in [2.24, 2.45) is 0 Å². The molecule has 5 rings (SSSR count). The quantitative estimate of drug-likeness (QED) is 0.435. The van der Waals surface area contributed by atoms with E-state index in [0.29, 0.717) is 60.8 Å². The van der Waals surface area contributed by atoms with E-state index >= 15 is 0 Å². The molecule has 0 radical (unpaired) electrons. The van der Waals surface area contributed by atoms with Gasteiger partial charge in [0.05, 0.1) is 23.4 Å². The maximum absolute atomic E-state index is 13.8. The predicted molar refractivity (Wildman–Crippen MR) is 133 cm³/mol. The molecule has 0 bridgehead atoms. The van der Waals surface area contributed by atoms with Crippen molar-refractivity contribution in [1.29, 1.82) is 0 Å². The number of carbonyl (C=O) groups is 2. The molecule has 0 atom stereocenters. The van der Waals surface area contributed by atoms with Gasteiger partial charge < -0.3 is 14.2 Å². The number of benzene rings is 1. The normalized spacial score (nSPS) is 14.5. The Labute approximate surface area is 204 Å². The molecule has 1 aliphatic heterocycles. The predicted octanol–water partition coefficient (Wildman–Crippen LogP) is 4.57. The van der Waals surface area contributed by atoms with Gasteiger partial charge in [-0.3, -0.25) is 9.59 Å². The summed E-state index contributed by atoms with van der Waals surface area (Å²) in [4.78, 5) is 35.3. The van der Waals surface area contributed by atoms with Gasteiger partial charge in [-0.25, -0.2) is 9.67 Å². The lowest BCUT2D eigenvalue weighted by Gasteiger charge is -2.23. The second-order valence-electron chi connectivity index (χ2n) is 9.26. The van der Waals surface area contributed by atoms with Gasteiger partial charge in [-0.05, 0) is 57.5 Å². The minimum atomic E-state index is -0.0848. The van der Waals surface area contributed by atoms with E-state index in [2.05, 4.69) is 5.10 Å². The number of nitrogens with zero attached hydrogens (tertiary/aromatic N) is 5. The number of aromatic nitrogens is 3. The number of hydrogen-bond donors (Lipinski definition) is 0. The molecular formula is C27H29N5O3. The summed E-state index contributed by atoms with van der Waals surface area (Å²) in [6, 6.07) is 13.2. The van der Waals surface area contributed by atoms with Crippen LogP contribution in [0.4, 0.5) is 0 Å². The lowest BCUT2D eigenvalue weighted by Crippen LogP contribution is -2.37. The van der Waals surface area contributed by atoms with Crippen LogP contribution in [0.3, 0.4) is 0 Å². The fourth-order valence-electron chi connectivity index (χ4n) is 4.58. The Morgan fingerprint density at radius 2 is 1.74 bits per heavy atom. The van der Waals surface area contributed by atoms with Crippen LogP contribution in [0.2, 0.25) is 0 Å². The molecule has 1 aliphatic rings. The topological polar surface area (TPSA) is 84.5 Å². The van der Waals surface area contributed by atoms with Crippen LogP contribution in [-0.2, 0) is 0 Å². The first kappa shape index (κ1) is 22.8. The average molecular weight is 472 g/mol. The van der Waals surface area contributed by atoms with Gasteiger partial charge in [-0.2, -0.15) is 5.10 Å². The number of carbonyl (C=O) groups excluding carboxylic acids is 2. The van der Waals surface area contributed by atoms with Crippen LogP contribution in [0.5, 0.6) is 0 Å². The summed E-state index contributed by atoms with van der Waals surface area (Å²) in [5, 5.41) is 5.22. The largest absolute Gasteiger partial charge is 0.463 e. The Bertz CT molecular complexity index is 1370. The highest BCUT2D eigenvalue weighted by atomic mass is 16.3. The van der Waals surface area contributed by atoms with Crippen molar-refractivity contribution in [2.75, 3.05) is 26.2 Å². The van der Waals surface area contributed by atoms with Crippen molar-refractivity contribution >= 4 is 22.8 Å². The Kier molecular flexibility index (Phi) is 6.11. The number of amides is 2. The standard InChI is InChI=1S/C27H29N5O3/c1-18(2)32-25-22(17-28-32)21(16-23(29-25)24-9-5-14-35-24)27(34)31-11-6-10-30(12-13-31)26(33)20-8-4-7-19(3)15-20/h4-5,7-9,14-18H,6,10-13H2,1-3H3. The van der Waals surface area contributed by atoms with Crippen molar-refractivity contribution in [3.8, 4) is 11.5 Å². The van der Waals surface area contributed by atoms with Crippen LogP contribution in [-0.4, -0.2) is 62.6 Å². The molecule has 1 aromatic carbocycles. The third-order valence-corrected chi connectivity index (χ3v) is 6.40. The number of aryl methyl sites for hydroxylation is 1. The number of hydrogen-bond acceptors (Lipinski definition) is 5. The molecular weight excluding hydrogens is 442 g/mol. The van der Waals surface area contributed by atoms with Crippen LogP contribution in [0.15, 0.2) is 59.3 Å². The first-order valence-electron chi connectivity index (χ1n) is 12.0. The van der Waals surface area contributed by atoms with E-state index in [1.807, 2.05) is 65.6 Å². The SMILES string of the molecule is Cc1cccc(C(=O)N2CCCN(C(=O)c3cc(-c4ccco4)nc4c3cnn4C(C)C)CC2)c1. The monoisotopic (exact) mass is 471 g/mol. The Balaban J connectivity index is 1.43. The van der Waals surface area contributed by atoms with Gasteiger partial charge in [0.15, 0.2) is 11.4 Å². The van der Waals surface area contributed by atoms with Crippen LogP contribution in [0.25, 0.3) is 22.5 Å². The lowest BCUT2D eigenvalue weighted by atomic mass is 10.1. The van der Waals surface area contributed by atoms with Crippen LogP contribution in [0, 0.1) is 6.92 Å². The molecule has 0 aliphatic carbocycles.